The number of carbonyl (C=O) groups excluding carboxylic acids is 1. The van der Waals surface area contributed by atoms with Crippen LogP contribution in [-0.4, -0.2) is 34.0 Å². The molecule has 20 heavy (non-hydrogen) atoms. The van der Waals surface area contributed by atoms with E-state index in [-0.39, 0.29) is 36.3 Å². The van der Waals surface area contributed by atoms with Gasteiger partial charge in [-0.1, -0.05) is 0 Å². The first-order chi connectivity index (χ1) is 9.04. The number of nitrogens with one attached hydrogen (secondary N) is 1. The number of nitrogens with zero attached hydrogens (tertiary/aromatic N) is 1. The lowest BCUT2D eigenvalue weighted by atomic mass is 10.3. The second-order valence-electron chi connectivity index (χ2n) is 4.33. The van der Waals surface area contributed by atoms with Gasteiger partial charge in [0.15, 0.2) is 0 Å². The van der Waals surface area contributed by atoms with Gasteiger partial charge in [-0.2, -0.15) is 0 Å². The highest BCUT2D eigenvalue weighted by Gasteiger charge is 2.22. The molecule has 1 saturated heterocycles. The maximum Gasteiger partial charge on any atom is 0.240 e. The zero-order valence-corrected chi connectivity index (χ0v) is 12.5. The van der Waals surface area contributed by atoms with E-state index in [4.69, 9.17) is 5.73 Å². The summed E-state index contributed by atoms with van der Waals surface area (Å²) < 4.78 is 26.1. The van der Waals surface area contributed by atoms with Crippen molar-refractivity contribution >= 4 is 34.0 Å². The van der Waals surface area contributed by atoms with Crippen molar-refractivity contribution in [1.29, 1.82) is 0 Å². The van der Waals surface area contributed by atoms with Crippen LogP contribution in [0.3, 0.4) is 0 Å². The molecule has 112 valence electrons. The molecule has 0 radical (unpaired) electrons. The van der Waals surface area contributed by atoms with Gasteiger partial charge in [-0.3, -0.25) is 4.79 Å². The van der Waals surface area contributed by atoms with Crippen LogP contribution >= 0.6 is 12.4 Å². The maximum atomic E-state index is 11.8. The summed E-state index contributed by atoms with van der Waals surface area (Å²) in [5.41, 5.74) is 6.00. The van der Waals surface area contributed by atoms with Gasteiger partial charge in [0.1, 0.15) is 0 Å². The Morgan fingerprint density at radius 3 is 2.40 bits per heavy atom. The zero-order chi connectivity index (χ0) is 13.9. The number of anilines is 1. The minimum absolute atomic E-state index is 0. The molecule has 0 atom stereocenters. The van der Waals surface area contributed by atoms with Gasteiger partial charge >= 0.3 is 0 Å². The molecule has 8 heteroatoms. The highest BCUT2D eigenvalue weighted by atomic mass is 35.5. The Balaban J connectivity index is 0.00000200. The number of halogens is 1. The van der Waals surface area contributed by atoms with Crippen molar-refractivity contribution in [1.82, 2.24) is 4.72 Å². The average Bonchev–Trinajstić information content (AvgIpc) is 2.83. The molecule has 1 aromatic rings. The zero-order valence-electron chi connectivity index (χ0n) is 10.9. The number of hydrogen-bond acceptors (Lipinski definition) is 4. The maximum absolute atomic E-state index is 11.8. The Morgan fingerprint density at radius 2 is 1.90 bits per heavy atom. The van der Waals surface area contributed by atoms with Crippen LogP contribution < -0.4 is 15.4 Å². The lowest BCUT2D eigenvalue weighted by molar-refractivity contribution is -0.117. The van der Waals surface area contributed by atoms with Crippen molar-refractivity contribution in [2.75, 3.05) is 24.5 Å². The van der Waals surface area contributed by atoms with Crippen molar-refractivity contribution in [3.8, 4) is 0 Å². The Kier molecular flexibility index (Phi) is 5.94. The van der Waals surface area contributed by atoms with E-state index in [9.17, 15) is 13.2 Å². The summed E-state index contributed by atoms with van der Waals surface area (Å²) in [5, 5.41) is 0. The molecular weight excluding hydrogens is 302 g/mol. The molecule has 1 aromatic carbocycles. The van der Waals surface area contributed by atoms with Gasteiger partial charge in [0.25, 0.3) is 0 Å². The van der Waals surface area contributed by atoms with Gasteiger partial charge in [0.05, 0.1) is 4.90 Å². The molecule has 6 nitrogen and oxygen atoms in total. The van der Waals surface area contributed by atoms with E-state index in [0.29, 0.717) is 13.0 Å². The topological polar surface area (TPSA) is 92.5 Å². The van der Waals surface area contributed by atoms with Crippen LogP contribution in [0.25, 0.3) is 0 Å². The summed E-state index contributed by atoms with van der Waals surface area (Å²) in [6.07, 6.45) is 1.40. The third kappa shape index (κ3) is 3.69. The van der Waals surface area contributed by atoms with Crippen molar-refractivity contribution < 1.29 is 13.2 Å². The number of amides is 1. The summed E-state index contributed by atoms with van der Waals surface area (Å²) in [6, 6.07) is 6.31. The number of benzene rings is 1. The van der Waals surface area contributed by atoms with Crippen LogP contribution in [0.15, 0.2) is 29.2 Å². The molecule has 0 saturated carbocycles. The van der Waals surface area contributed by atoms with Crippen molar-refractivity contribution in [3.05, 3.63) is 24.3 Å². The summed E-state index contributed by atoms with van der Waals surface area (Å²) >= 11 is 0. The Labute approximate surface area is 124 Å². The molecule has 0 aromatic heterocycles. The Morgan fingerprint density at radius 1 is 1.25 bits per heavy atom. The van der Waals surface area contributed by atoms with Crippen LogP contribution in [0.2, 0.25) is 0 Å². The molecule has 1 amide bonds. The van der Waals surface area contributed by atoms with Gasteiger partial charge in [-0.05, 0) is 30.7 Å². The van der Waals surface area contributed by atoms with E-state index < -0.39 is 10.0 Å². The first-order valence-corrected chi connectivity index (χ1v) is 7.63. The molecule has 0 bridgehead atoms. The SMILES string of the molecule is Cl.NCCNS(=O)(=O)c1ccc(N2CCCC2=O)cc1. The minimum atomic E-state index is -3.51. The molecule has 0 aliphatic carbocycles. The fourth-order valence-electron chi connectivity index (χ4n) is 2.00. The van der Waals surface area contributed by atoms with Gasteiger partial charge in [0, 0.05) is 31.7 Å². The van der Waals surface area contributed by atoms with Crippen molar-refractivity contribution in [2.45, 2.75) is 17.7 Å². The molecule has 1 heterocycles. The van der Waals surface area contributed by atoms with Gasteiger partial charge in [0.2, 0.25) is 15.9 Å². The highest BCUT2D eigenvalue weighted by Crippen LogP contribution is 2.22. The standard InChI is InChI=1S/C12H17N3O3S.ClH/c13-7-8-14-19(17,18)11-5-3-10(4-6-11)15-9-1-2-12(15)16;/h3-6,14H,1-2,7-9,13H2;1H. The van der Waals surface area contributed by atoms with Gasteiger partial charge in [-0.25, -0.2) is 13.1 Å². The molecule has 2 rings (SSSR count). The van der Waals surface area contributed by atoms with Crippen molar-refractivity contribution in [2.24, 2.45) is 5.73 Å². The first kappa shape index (κ1) is 16.9. The monoisotopic (exact) mass is 319 g/mol. The lowest BCUT2D eigenvalue weighted by Crippen LogP contribution is -2.29. The fourth-order valence-corrected chi connectivity index (χ4v) is 3.05. The summed E-state index contributed by atoms with van der Waals surface area (Å²) in [7, 11) is -3.51. The second kappa shape index (κ2) is 7.03. The quantitative estimate of drug-likeness (QED) is 0.825. The molecule has 0 unspecified atom stereocenters. The van der Waals surface area contributed by atoms with Crippen LogP contribution in [0.5, 0.6) is 0 Å². The molecular formula is C12H18ClN3O3S. The Bertz CT molecular complexity index is 560. The largest absolute Gasteiger partial charge is 0.329 e. The molecule has 1 aliphatic rings. The Hall–Kier alpha value is -1.15. The molecule has 1 fully saturated rings. The van der Waals surface area contributed by atoms with E-state index in [1.807, 2.05) is 0 Å². The van der Waals surface area contributed by atoms with Crippen LogP contribution in [0, 0.1) is 0 Å². The summed E-state index contributed by atoms with van der Waals surface area (Å²) in [5.74, 6) is 0.0804. The van der Waals surface area contributed by atoms with Crippen LogP contribution in [0.1, 0.15) is 12.8 Å². The van der Waals surface area contributed by atoms with Gasteiger partial charge < -0.3 is 10.6 Å². The normalized spacial score (nSPS) is 15.2. The second-order valence-corrected chi connectivity index (χ2v) is 6.10. The van der Waals surface area contributed by atoms with Crippen molar-refractivity contribution in [3.63, 3.8) is 0 Å². The predicted molar refractivity (Wildman–Crippen MR) is 79.5 cm³/mol. The fraction of sp³-hybridized carbons (Fsp3) is 0.417. The third-order valence-corrected chi connectivity index (χ3v) is 4.45. The first-order valence-electron chi connectivity index (χ1n) is 6.15. The highest BCUT2D eigenvalue weighted by molar-refractivity contribution is 7.89. The number of carbonyl (C=O) groups is 1. The van der Waals surface area contributed by atoms with Gasteiger partial charge in [-0.15, -0.1) is 12.4 Å². The van der Waals surface area contributed by atoms with E-state index in [2.05, 4.69) is 4.72 Å². The molecule has 3 N–H and O–H groups in total. The number of hydrogen-bond donors (Lipinski definition) is 2. The predicted octanol–water partition coefficient (Wildman–Crippen LogP) is 0.472. The summed E-state index contributed by atoms with van der Waals surface area (Å²) in [6.45, 7) is 1.14. The smallest absolute Gasteiger partial charge is 0.240 e. The molecule has 0 spiro atoms. The lowest BCUT2D eigenvalue weighted by Gasteiger charge is -2.16. The minimum Gasteiger partial charge on any atom is -0.329 e. The van der Waals surface area contributed by atoms with E-state index in [1.165, 1.54) is 12.1 Å². The third-order valence-electron chi connectivity index (χ3n) is 2.97. The van der Waals surface area contributed by atoms with Crippen LogP contribution in [-0.2, 0) is 14.8 Å². The average molecular weight is 320 g/mol. The number of nitrogens with two attached hydrogens (primary N) is 1. The van der Waals surface area contributed by atoms with E-state index in [0.717, 1.165) is 12.1 Å². The van der Waals surface area contributed by atoms with Crippen LogP contribution in [0.4, 0.5) is 5.69 Å². The number of sulfonamides is 1. The van der Waals surface area contributed by atoms with E-state index >= 15 is 0 Å². The number of rotatable bonds is 5. The van der Waals surface area contributed by atoms with E-state index in [1.54, 1.807) is 17.0 Å². The molecule has 1 aliphatic heterocycles. The summed E-state index contributed by atoms with van der Waals surface area (Å²) in [4.78, 5) is 13.4.